The number of nitrogens with one attached hydrogen (secondary N) is 2. The van der Waals surface area contributed by atoms with Crippen molar-refractivity contribution in [3.63, 3.8) is 0 Å². The first-order chi connectivity index (χ1) is 7.00. The number of aryl methyl sites for hydroxylation is 2. The Labute approximate surface area is 91.5 Å². The molecule has 0 aliphatic rings. The van der Waals surface area contributed by atoms with Gasteiger partial charge in [0.2, 0.25) is 0 Å². The molecule has 0 amide bonds. The number of aromatic amines is 2. The standard InChI is InChI=1S/C12H16N2O.2H2/c1-6(2)10-7(3)5-9-11(8(10)4)14-12(15)13-9;;/h5-6H,1-4H3,(H2,13,14,15);2*1H. The lowest BCUT2D eigenvalue weighted by Crippen LogP contribution is -2.00. The van der Waals surface area contributed by atoms with Gasteiger partial charge in [0, 0.05) is 2.85 Å². The van der Waals surface area contributed by atoms with Crippen molar-refractivity contribution in [2.24, 2.45) is 0 Å². The van der Waals surface area contributed by atoms with Crippen LogP contribution in [0.1, 0.15) is 39.3 Å². The van der Waals surface area contributed by atoms with Gasteiger partial charge in [-0.3, -0.25) is 0 Å². The van der Waals surface area contributed by atoms with E-state index < -0.39 is 0 Å². The van der Waals surface area contributed by atoms with Crippen molar-refractivity contribution in [2.75, 3.05) is 0 Å². The minimum Gasteiger partial charge on any atom is -0.306 e. The number of rotatable bonds is 1. The van der Waals surface area contributed by atoms with Crippen LogP contribution in [0.2, 0.25) is 0 Å². The summed E-state index contributed by atoms with van der Waals surface area (Å²) in [6.45, 7) is 8.50. The first kappa shape index (κ1) is 10.0. The highest BCUT2D eigenvalue weighted by Gasteiger charge is 2.12. The van der Waals surface area contributed by atoms with Crippen LogP contribution in [0.3, 0.4) is 0 Å². The summed E-state index contributed by atoms with van der Waals surface area (Å²) in [6.07, 6.45) is 0. The van der Waals surface area contributed by atoms with Gasteiger partial charge >= 0.3 is 5.69 Å². The Bertz CT molecular complexity index is 570. The van der Waals surface area contributed by atoms with Crippen LogP contribution in [0.15, 0.2) is 10.9 Å². The first-order valence-corrected chi connectivity index (χ1v) is 5.22. The Morgan fingerprint density at radius 3 is 2.53 bits per heavy atom. The van der Waals surface area contributed by atoms with E-state index in [1.807, 2.05) is 6.07 Å². The van der Waals surface area contributed by atoms with E-state index >= 15 is 0 Å². The van der Waals surface area contributed by atoms with Crippen molar-refractivity contribution in [2.45, 2.75) is 33.6 Å². The van der Waals surface area contributed by atoms with Crippen LogP contribution in [-0.2, 0) is 0 Å². The quantitative estimate of drug-likeness (QED) is 0.743. The molecule has 2 rings (SSSR count). The number of hydrogen-bond acceptors (Lipinski definition) is 1. The fraction of sp³-hybridized carbons (Fsp3) is 0.417. The zero-order chi connectivity index (χ0) is 11.2. The van der Waals surface area contributed by atoms with E-state index in [9.17, 15) is 4.79 Å². The maximum Gasteiger partial charge on any atom is 0.323 e. The van der Waals surface area contributed by atoms with E-state index in [1.54, 1.807) is 0 Å². The average molecular weight is 208 g/mol. The van der Waals surface area contributed by atoms with Crippen LogP contribution in [0, 0.1) is 13.8 Å². The van der Waals surface area contributed by atoms with E-state index in [-0.39, 0.29) is 8.54 Å². The van der Waals surface area contributed by atoms with Crippen molar-refractivity contribution in [3.05, 3.63) is 33.2 Å². The molecule has 0 radical (unpaired) electrons. The molecule has 0 fully saturated rings. The highest BCUT2D eigenvalue weighted by Crippen LogP contribution is 2.27. The van der Waals surface area contributed by atoms with Crippen LogP contribution in [0.25, 0.3) is 11.0 Å². The number of hydrogen-bond donors (Lipinski definition) is 2. The van der Waals surface area contributed by atoms with Gasteiger partial charge in [-0.15, -0.1) is 0 Å². The molecule has 0 saturated carbocycles. The van der Waals surface area contributed by atoms with Crippen LogP contribution in [-0.4, -0.2) is 9.97 Å². The van der Waals surface area contributed by atoms with Crippen molar-refractivity contribution < 1.29 is 2.85 Å². The highest BCUT2D eigenvalue weighted by molar-refractivity contribution is 5.80. The predicted octanol–water partition coefficient (Wildman–Crippen LogP) is 3.09. The SMILES string of the molecule is Cc1cc2[nH]c(=O)[nH]c2c(C)c1C(C)C.[HH].[HH]. The Balaban J connectivity index is 0.00000128. The minimum absolute atomic E-state index is 0. The Morgan fingerprint density at radius 2 is 1.93 bits per heavy atom. The first-order valence-electron chi connectivity index (χ1n) is 5.22. The van der Waals surface area contributed by atoms with Gasteiger partial charge in [-0.2, -0.15) is 0 Å². The summed E-state index contributed by atoms with van der Waals surface area (Å²) in [5.41, 5.74) is 5.46. The molecular formula is C12H20N2O. The average Bonchev–Trinajstić information content (AvgIpc) is 2.45. The predicted molar refractivity (Wildman–Crippen MR) is 66.7 cm³/mol. The summed E-state index contributed by atoms with van der Waals surface area (Å²) in [7, 11) is 0. The molecule has 0 aliphatic carbocycles. The fourth-order valence-corrected chi connectivity index (χ4v) is 2.41. The molecule has 3 heteroatoms. The molecular weight excluding hydrogens is 188 g/mol. The normalized spacial score (nSPS) is 11.5. The molecule has 2 N–H and O–H groups in total. The summed E-state index contributed by atoms with van der Waals surface area (Å²) >= 11 is 0. The molecule has 1 aromatic heterocycles. The maximum absolute atomic E-state index is 11.2. The molecule has 1 heterocycles. The largest absolute Gasteiger partial charge is 0.323 e. The summed E-state index contributed by atoms with van der Waals surface area (Å²) in [4.78, 5) is 16.9. The summed E-state index contributed by atoms with van der Waals surface area (Å²) in [6, 6.07) is 2.04. The molecule has 0 bridgehead atoms. The molecule has 0 saturated heterocycles. The smallest absolute Gasteiger partial charge is 0.306 e. The molecule has 0 unspecified atom stereocenters. The third-order valence-corrected chi connectivity index (χ3v) is 2.90. The van der Waals surface area contributed by atoms with Crippen LogP contribution >= 0.6 is 0 Å². The third kappa shape index (κ3) is 1.48. The Morgan fingerprint density at radius 1 is 1.27 bits per heavy atom. The molecule has 1 aromatic carbocycles. The van der Waals surface area contributed by atoms with Gasteiger partial charge in [0.15, 0.2) is 0 Å². The lowest BCUT2D eigenvalue weighted by molar-refractivity contribution is 0.849. The molecule has 0 atom stereocenters. The van der Waals surface area contributed by atoms with Gasteiger partial charge < -0.3 is 9.97 Å². The lowest BCUT2D eigenvalue weighted by Gasteiger charge is -2.13. The summed E-state index contributed by atoms with van der Waals surface area (Å²) < 4.78 is 0. The van der Waals surface area contributed by atoms with Crippen LogP contribution in [0.5, 0.6) is 0 Å². The maximum atomic E-state index is 11.2. The number of benzene rings is 1. The number of imidazole rings is 1. The van der Waals surface area contributed by atoms with Gasteiger partial charge in [-0.1, -0.05) is 13.8 Å². The minimum atomic E-state index is -0.131. The van der Waals surface area contributed by atoms with Crippen molar-refractivity contribution in [3.8, 4) is 0 Å². The second kappa shape index (κ2) is 3.26. The monoisotopic (exact) mass is 208 g/mol. The molecule has 0 aliphatic heterocycles. The zero-order valence-electron chi connectivity index (χ0n) is 9.56. The van der Waals surface area contributed by atoms with Gasteiger partial charge in [-0.25, -0.2) is 4.79 Å². The third-order valence-electron chi connectivity index (χ3n) is 2.90. The van der Waals surface area contributed by atoms with Crippen LogP contribution in [0.4, 0.5) is 0 Å². The zero-order valence-corrected chi connectivity index (χ0v) is 9.56. The van der Waals surface area contributed by atoms with Gasteiger partial charge in [0.05, 0.1) is 11.0 Å². The van der Waals surface area contributed by atoms with Gasteiger partial charge in [0.1, 0.15) is 0 Å². The highest BCUT2D eigenvalue weighted by atomic mass is 16.1. The van der Waals surface area contributed by atoms with E-state index in [4.69, 9.17) is 0 Å². The summed E-state index contributed by atoms with van der Waals surface area (Å²) in [5.74, 6) is 0.479. The number of aromatic nitrogens is 2. The van der Waals surface area contributed by atoms with E-state index in [1.165, 1.54) is 16.7 Å². The topological polar surface area (TPSA) is 48.6 Å². The molecule has 0 spiro atoms. The molecule has 15 heavy (non-hydrogen) atoms. The van der Waals surface area contributed by atoms with E-state index in [0.717, 1.165) is 11.0 Å². The summed E-state index contributed by atoms with van der Waals surface area (Å²) in [5, 5.41) is 0. The molecule has 84 valence electrons. The van der Waals surface area contributed by atoms with Gasteiger partial charge in [-0.05, 0) is 42.5 Å². The van der Waals surface area contributed by atoms with Crippen molar-refractivity contribution in [1.29, 1.82) is 0 Å². The second-order valence-electron chi connectivity index (χ2n) is 4.39. The number of fused-ring (bicyclic) bond motifs is 1. The Kier molecular flexibility index (Phi) is 2.18. The Hall–Kier alpha value is -1.51. The van der Waals surface area contributed by atoms with Crippen molar-refractivity contribution >= 4 is 11.0 Å². The molecule has 3 nitrogen and oxygen atoms in total. The lowest BCUT2D eigenvalue weighted by atomic mass is 9.92. The van der Waals surface area contributed by atoms with Crippen molar-refractivity contribution in [1.82, 2.24) is 9.97 Å². The second-order valence-corrected chi connectivity index (χ2v) is 4.39. The number of H-pyrrole nitrogens is 2. The van der Waals surface area contributed by atoms with E-state index in [0.29, 0.717) is 5.92 Å². The van der Waals surface area contributed by atoms with Gasteiger partial charge in [0.25, 0.3) is 0 Å². The molecule has 2 aromatic rings. The fourth-order valence-electron chi connectivity index (χ4n) is 2.41. The van der Waals surface area contributed by atoms with Crippen LogP contribution < -0.4 is 5.69 Å². The van der Waals surface area contributed by atoms with E-state index in [2.05, 4.69) is 37.7 Å².